The van der Waals surface area contributed by atoms with Gasteiger partial charge in [-0.2, -0.15) is 0 Å². The monoisotopic (exact) mass is 264 g/mol. The number of furan rings is 1. The smallest absolute Gasteiger partial charge is 0.118 e. The Kier molecular flexibility index (Phi) is 5.06. The van der Waals surface area contributed by atoms with E-state index in [1.165, 1.54) is 31.2 Å². The molecule has 0 bridgehead atoms. The maximum absolute atomic E-state index is 5.85. The zero-order valence-electron chi connectivity index (χ0n) is 12.8. The van der Waals surface area contributed by atoms with Gasteiger partial charge in [-0.25, -0.2) is 0 Å². The minimum atomic E-state index is 0.669. The fraction of sp³-hybridized carbons (Fsp3) is 0.750. The number of nitrogens with one attached hydrogen (secondary N) is 1. The summed E-state index contributed by atoms with van der Waals surface area (Å²) in [5, 5.41) is 3.50. The zero-order valence-corrected chi connectivity index (χ0v) is 12.8. The van der Waals surface area contributed by atoms with Crippen LogP contribution in [0.3, 0.4) is 0 Å². The molecule has 1 N–H and O–H groups in total. The van der Waals surface area contributed by atoms with Gasteiger partial charge in [-0.05, 0) is 45.7 Å². The lowest BCUT2D eigenvalue weighted by Gasteiger charge is -2.25. The molecule has 0 spiro atoms. The van der Waals surface area contributed by atoms with Gasteiger partial charge in [-0.15, -0.1) is 0 Å². The van der Waals surface area contributed by atoms with Gasteiger partial charge in [-0.3, -0.25) is 4.90 Å². The van der Waals surface area contributed by atoms with Crippen LogP contribution in [0.5, 0.6) is 0 Å². The van der Waals surface area contributed by atoms with Crippen LogP contribution in [0.25, 0.3) is 0 Å². The number of aryl methyl sites for hydroxylation is 1. The van der Waals surface area contributed by atoms with Gasteiger partial charge < -0.3 is 9.73 Å². The summed E-state index contributed by atoms with van der Waals surface area (Å²) < 4.78 is 5.85. The van der Waals surface area contributed by atoms with E-state index >= 15 is 0 Å². The summed E-state index contributed by atoms with van der Waals surface area (Å²) >= 11 is 0. The molecule has 2 rings (SSSR count). The summed E-state index contributed by atoms with van der Waals surface area (Å²) in [5.41, 5.74) is 1.34. The normalized spacial score (nSPS) is 15.7. The van der Waals surface area contributed by atoms with E-state index in [-0.39, 0.29) is 0 Å². The highest BCUT2D eigenvalue weighted by Gasteiger charge is 2.21. The van der Waals surface area contributed by atoms with Crippen molar-refractivity contribution in [2.24, 2.45) is 0 Å². The predicted molar refractivity (Wildman–Crippen MR) is 79.1 cm³/mol. The van der Waals surface area contributed by atoms with Gasteiger partial charge in [0.15, 0.2) is 0 Å². The van der Waals surface area contributed by atoms with Crippen LogP contribution in [0.15, 0.2) is 10.5 Å². The highest BCUT2D eigenvalue weighted by Crippen LogP contribution is 2.22. The molecule has 0 radical (unpaired) electrons. The van der Waals surface area contributed by atoms with Crippen LogP contribution in [0.2, 0.25) is 0 Å². The average Bonchev–Trinajstić information content (AvgIpc) is 3.15. The number of rotatable bonds is 8. The topological polar surface area (TPSA) is 28.4 Å². The second-order valence-electron chi connectivity index (χ2n) is 5.83. The van der Waals surface area contributed by atoms with Crippen LogP contribution in [0.1, 0.15) is 56.6 Å². The Morgan fingerprint density at radius 3 is 2.63 bits per heavy atom. The summed E-state index contributed by atoms with van der Waals surface area (Å²) in [6.45, 7) is 8.47. The van der Waals surface area contributed by atoms with Crippen LogP contribution in [0, 0.1) is 6.92 Å². The number of nitrogens with zero attached hydrogens (tertiary/aromatic N) is 1. The highest BCUT2D eigenvalue weighted by molar-refractivity contribution is 5.21. The lowest BCUT2D eigenvalue weighted by Crippen LogP contribution is -2.30. The molecular weight excluding hydrogens is 236 g/mol. The molecule has 1 heterocycles. The van der Waals surface area contributed by atoms with Crippen LogP contribution in [-0.4, -0.2) is 24.0 Å². The first-order valence-electron chi connectivity index (χ1n) is 7.65. The Bertz CT molecular complexity index is 391. The fourth-order valence-electron chi connectivity index (χ4n) is 2.67. The molecule has 1 aliphatic rings. The molecule has 3 nitrogen and oxygen atoms in total. The Morgan fingerprint density at radius 1 is 1.37 bits per heavy atom. The van der Waals surface area contributed by atoms with E-state index in [1.807, 2.05) is 0 Å². The predicted octanol–water partition coefficient (Wildman–Crippen LogP) is 3.46. The molecule has 0 aromatic carbocycles. The minimum absolute atomic E-state index is 0.669. The highest BCUT2D eigenvalue weighted by atomic mass is 16.3. The van der Waals surface area contributed by atoms with Crippen molar-refractivity contribution in [1.82, 2.24) is 10.2 Å². The quantitative estimate of drug-likeness (QED) is 0.779. The Balaban J connectivity index is 1.91. The summed E-state index contributed by atoms with van der Waals surface area (Å²) in [4.78, 5) is 2.44. The van der Waals surface area contributed by atoms with Crippen molar-refractivity contribution < 1.29 is 4.42 Å². The summed E-state index contributed by atoms with van der Waals surface area (Å²) in [5.74, 6) is 2.16. The van der Waals surface area contributed by atoms with E-state index in [9.17, 15) is 0 Å². The molecule has 1 aromatic rings. The minimum Gasteiger partial charge on any atom is -0.465 e. The van der Waals surface area contributed by atoms with Crippen LogP contribution in [0.4, 0.5) is 0 Å². The SMILES string of the molecule is CCC(CC)N(C)Cc1cc(CNC2CC2)oc1C. The van der Waals surface area contributed by atoms with Gasteiger partial charge >= 0.3 is 0 Å². The first-order valence-corrected chi connectivity index (χ1v) is 7.65. The maximum atomic E-state index is 5.85. The first kappa shape index (κ1) is 14.6. The molecule has 19 heavy (non-hydrogen) atoms. The zero-order chi connectivity index (χ0) is 13.8. The van der Waals surface area contributed by atoms with E-state index in [0.29, 0.717) is 6.04 Å². The molecule has 1 saturated carbocycles. The molecule has 108 valence electrons. The van der Waals surface area contributed by atoms with Gasteiger partial charge in [0, 0.05) is 24.2 Å². The van der Waals surface area contributed by atoms with Crippen molar-refractivity contribution >= 4 is 0 Å². The van der Waals surface area contributed by atoms with Crippen LogP contribution < -0.4 is 5.32 Å². The summed E-state index contributed by atoms with van der Waals surface area (Å²) in [6.07, 6.45) is 5.06. The van der Waals surface area contributed by atoms with E-state index in [1.54, 1.807) is 0 Å². The van der Waals surface area contributed by atoms with E-state index in [2.05, 4.69) is 44.1 Å². The van der Waals surface area contributed by atoms with Gasteiger partial charge in [0.25, 0.3) is 0 Å². The van der Waals surface area contributed by atoms with Gasteiger partial charge in [0.1, 0.15) is 11.5 Å². The standard InChI is InChI=1S/C16H28N2O/c1-5-15(6-2)18(4)11-13-9-16(19-12(13)3)10-17-14-7-8-14/h9,14-15,17H,5-8,10-11H2,1-4H3. The lowest BCUT2D eigenvalue weighted by molar-refractivity contribution is 0.220. The van der Waals surface area contributed by atoms with Gasteiger partial charge in [0.2, 0.25) is 0 Å². The van der Waals surface area contributed by atoms with Crippen LogP contribution >= 0.6 is 0 Å². The Labute approximate surface area is 117 Å². The Hall–Kier alpha value is -0.800. The van der Waals surface area contributed by atoms with Crippen molar-refractivity contribution in [2.75, 3.05) is 7.05 Å². The van der Waals surface area contributed by atoms with Crippen LogP contribution in [-0.2, 0) is 13.1 Å². The average molecular weight is 264 g/mol. The third kappa shape index (κ3) is 4.08. The van der Waals surface area contributed by atoms with Crippen molar-refractivity contribution in [2.45, 2.75) is 71.6 Å². The summed E-state index contributed by atoms with van der Waals surface area (Å²) in [6, 6.07) is 3.63. The fourth-order valence-corrected chi connectivity index (χ4v) is 2.67. The molecule has 1 aromatic heterocycles. The van der Waals surface area contributed by atoms with E-state index in [0.717, 1.165) is 30.7 Å². The van der Waals surface area contributed by atoms with Crippen molar-refractivity contribution in [1.29, 1.82) is 0 Å². The first-order chi connectivity index (χ1) is 9.13. The molecule has 0 saturated heterocycles. The van der Waals surface area contributed by atoms with Gasteiger partial charge in [-0.1, -0.05) is 13.8 Å². The van der Waals surface area contributed by atoms with E-state index < -0.39 is 0 Å². The molecule has 0 unspecified atom stereocenters. The molecule has 3 heteroatoms. The maximum Gasteiger partial charge on any atom is 0.118 e. The largest absolute Gasteiger partial charge is 0.465 e. The third-order valence-electron chi connectivity index (χ3n) is 4.20. The van der Waals surface area contributed by atoms with Crippen molar-refractivity contribution in [3.05, 3.63) is 23.2 Å². The lowest BCUT2D eigenvalue weighted by atomic mass is 10.1. The van der Waals surface area contributed by atoms with Gasteiger partial charge in [0.05, 0.1) is 6.54 Å². The molecule has 0 amide bonds. The Morgan fingerprint density at radius 2 is 2.05 bits per heavy atom. The molecule has 0 aliphatic heterocycles. The second-order valence-corrected chi connectivity index (χ2v) is 5.83. The third-order valence-corrected chi connectivity index (χ3v) is 4.20. The molecule has 1 aliphatic carbocycles. The number of hydrogen-bond donors (Lipinski definition) is 1. The van der Waals surface area contributed by atoms with Crippen molar-refractivity contribution in [3.8, 4) is 0 Å². The molecule has 0 atom stereocenters. The van der Waals surface area contributed by atoms with Crippen molar-refractivity contribution in [3.63, 3.8) is 0 Å². The second kappa shape index (κ2) is 6.58. The van der Waals surface area contributed by atoms with E-state index in [4.69, 9.17) is 4.42 Å². The molecular formula is C16H28N2O. The summed E-state index contributed by atoms with van der Waals surface area (Å²) in [7, 11) is 2.21. The molecule has 1 fully saturated rings. The number of hydrogen-bond acceptors (Lipinski definition) is 3.